The molecule has 0 aliphatic carbocycles. The Morgan fingerprint density at radius 3 is 2.26 bits per heavy atom. The van der Waals surface area contributed by atoms with Crippen molar-refractivity contribution in [3.63, 3.8) is 0 Å². The van der Waals surface area contributed by atoms with E-state index in [0.717, 1.165) is 18.6 Å². The lowest BCUT2D eigenvalue weighted by Gasteiger charge is -2.33. The van der Waals surface area contributed by atoms with Gasteiger partial charge < -0.3 is 5.32 Å². The van der Waals surface area contributed by atoms with E-state index in [2.05, 4.69) is 31.3 Å². The summed E-state index contributed by atoms with van der Waals surface area (Å²) in [6.45, 7) is 6.91. The highest BCUT2D eigenvalue weighted by Crippen LogP contribution is 2.29. The summed E-state index contributed by atoms with van der Waals surface area (Å²) in [5, 5.41) is 3.12. The predicted molar refractivity (Wildman–Crippen MR) is 120 cm³/mol. The molecule has 1 atom stereocenters. The van der Waals surface area contributed by atoms with Crippen molar-refractivity contribution in [3.05, 3.63) is 66.0 Å². The Hall–Kier alpha value is -2.25. The van der Waals surface area contributed by atoms with Crippen LogP contribution in [0.15, 0.2) is 59.5 Å². The van der Waals surface area contributed by atoms with E-state index in [0.29, 0.717) is 12.8 Å². The first-order valence-electron chi connectivity index (χ1n) is 10.7. The molecule has 1 unspecified atom stereocenters. The number of hydrogen-bond donors (Lipinski definition) is 1. The van der Waals surface area contributed by atoms with Gasteiger partial charge in [0.05, 0.1) is 4.90 Å². The zero-order valence-electron chi connectivity index (χ0n) is 18.3. The number of hydrogen-bond acceptors (Lipinski definition) is 3. The third kappa shape index (κ3) is 5.71. The molecule has 0 saturated carbocycles. The third-order valence-corrected chi connectivity index (χ3v) is 7.95. The molecule has 7 heteroatoms. The topological polar surface area (TPSA) is 66.5 Å². The molecule has 31 heavy (non-hydrogen) atoms. The molecule has 1 amide bonds. The number of sulfonamides is 1. The Morgan fingerprint density at radius 1 is 1.10 bits per heavy atom. The van der Waals surface area contributed by atoms with E-state index in [9.17, 15) is 17.6 Å². The molecule has 1 fully saturated rings. The summed E-state index contributed by atoms with van der Waals surface area (Å²) in [7, 11) is -3.67. The second-order valence-corrected chi connectivity index (χ2v) is 10.9. The number of benzene rings is 2. The molecule has 0 spiro atoms. The predicted octanol–water partition coefficient (Wildman–Crippen LogP) is 4.10. The number of carbonyl (C=O) groups excluding carboxylic acids is 1. The van der Waals surface area contributed by atoms with E-state index >= 15 is 0 Å². The highest BCUT2D eigenvalue weighted by atomic mass is 32.2. The minimum atomic E-state index is -3.67. The van der Waals surface area contributed by atoms with Gasteiger partial charge in [0.15, 0.2) is 0 Å². The first kappa shape index (κ1) is 23.4. The molecule has 1 saturated heterocycles. The van der Waals surface area contributed by atoms with Crippen LogP contribution < -0.4 is 5.32 Å². The second-order valence-electron chi connectivity index (χ2n) is 9.00. The average molecular weight is 447 g/mol. The van der Waals surface area contributed by atoms with Crippen LogP contribution in [0, 0.1) is 11.7 Å². The van der Waals surface area contributed by atoms with E-state index in [4.69, 9.17) is 0 Å². The minimum Gasteiger partial charge on any atom is -0.353 e. The maximum atomic E-state index is 13.1. The molecule has 0 aromatic heterocycles. The monoisotopic (exact) mass is 446 g/mol. The zero-order valence-corrected chi connectivity index (χ0v) is 19.2. The van der Waals surface area contributed by atoms with Crippen LogP contribution in [-0.2, 0) is 20.2 Å². The van der Waals surface area contributed by atoms with Gasteiger partial charge in [-0.2, -0.15) is 4.31 Å². The van der Waals surface area contributed by atoms with Gasteiger partial charge in [-0.15, -0.1) is 0 Å². The van der Waals surface area contributed by atoms with Gasteiger partial charge in [-0.25, -0.2) is 12.8 Å². The second kappa shape index (κ2) is 9.49. The molecule has 1 aliphatic rings. The summed E-state index contributed by atoms with van der Waals surface area (Å²) in [6, 6.07) is 15.1. The van der Waals surface area contributed by atoms with Crippen molar-refractivity contribution in [3.8, 4) is 0 Å². The Morgan fingerprint density at radius 2 is 1.68 bits per heavy atom. The molecule has 2 aromatic rings. The Bertz CT molecular complexity index is 983. The number of nitrogens with one attached hydrogen (secondary N) is 1. The van der Waals surface area contributed by atoms with Gasteiger partial charge in [0.1, 0.15) is 5.82 Å². The van der Waals surface area contributed by atoms with Crippen LogP contribution >= 0.6 is 0 Å². The van der Waals surface area contributed by atoms with Gasteiger partial charge in [0.2, 0.25) is 15.9 Å². The zero-order chi connectivity index (χ0) is 22.6. The van der Waals surface area contributed by atoms with Crippen molar-refractivity contribution in [1.29, 1.82) is 0 Å². The lowest BCUT2D eigenvalue weighted by atomic mass is 9.79. The SMILES string of the molecule is CC(CC(C)(C)c1ccccc1)NC(=O)C1CCN(S(=O)(=O)c2ccc(F)cc2)CC1. The van der Waals surface area contributed by atoms with E-state index in [-0.39, 0.29) is 41.3 Å². The molecule has 5 nitrogen and oxygen atoms in total. The summed E-state index contributed by atoms with van der Waals surface area (Å²) in [4.78, 5) is 12.9. The molecule has 168 valence electrons. The number of amides is 1. The van der Waals surface area contributed by atoms with E-state index in [1.165, 1.54) is 22.0 Å². The third-order valence-electron chi connectivity index (χ3n) is 6.04. The number of nitrogens with zero attached hydrogens (tertiary/aromatic N) is 1. The quantitative estimate of drug-likeness (QED) is 0.696. The van der Waals surface area contributed by atoms with Crippen LogP contribution in [-0.4, -0.2) is 37.8 Å². The largest absolute Gasteiger partial charge is 0.353 e. The molecular weight excluding hydrogens is 415 g/mol. The maximum Gasteiger partial charge on any atom is 0.243 e. The Labute approximate surface area is 184 Å². The van der Waals surface area contributed by atoms with Crippen molar-refractivity contribution in [1.82, 2.24) is 9.62 Å². The first-order valence-corrected chi connectivity index (χ1v) is 12.2. The lowest BCUT2D eigenvalue weighted by Crippen LogP contribution is -2.45. The van der Waals surface area contributed by atoms with Crippen LogP contribution in [0.5, 0.6) is 0 Å². The number of rotatable bonds is 7. The molecule has 0 bridgehead atoms. The van der Waals surface area contributed by atoms with Crippen LogP contribution in [0.3, 0.4) is 0 Å². The summed E-state index contributed by atoms with van der Waals surface area (Å²) in [5.41, 5.74) is 1.16. The van der Waals surface area contributed by atoms with Gasteiger partial charge in [0, 0.05) is 25.0 Å². The van der Waals surface area contributed by atoms with Crippen molar-refractivity contribution >= 4 is 15.9 Å². The van der Waals surface area contributed by atoms with E-state index in [1.807, 2.05) is 25.1 Å². The van der Waals surface area contributed by atoms with Crippen molar-refractivity contribution in [2.75, 3.05) is 13.1 Å². The van der Waals surface area contributed by atoms with Crippen LogP contribution in [0.4, 0.5) is 4.39 Å². The summed E-state index contributed by atoms with van der Waals surface area (Å²) in [5.74, 6) is -0.698. The summed E-state index contributed by atoms with van der Waals surface area (Å²) in [6.07, 6.45) is 1.75. The highest BCUT2D eigenvalue weighted by Gasteiger charge is 2.33. The Balaban J connectivity index is 1.53. The van der Waals surface area contributed by atoms with Crippen LogP contribution in [0.25, 0.3) is 0 Å². The standard InChI is InChI=1S/C24H31FN2O3S/c1-18(17-24(2,3)20-7-5-4-6-8-20)26-23(28)19-13-15-27(16-14-19)31(29,30)22-11-9-21(25)10-12-22/h4-12,18-19H,13-17H2,1-3H3,(H,26,28). The maximum absolute atomic E-state index is 13.1. The van der Waals surface area contributed by atoms with Crippen molar-refractivity contribution in [2.24, 2.45) is 5.92 Å². The summed E-state index contributed by atoms with van der Waals surface area (Å²) >= 11 is 0. The smallest absolute Gasteiger partial charge is 0.243 e. The van der Waals surface area contributed by atoms with Gasteiger partial charge in [-0.1, -0.05) is 44.2 Å². The van der Waals surface area contributed by atoms with E-state index in [1.54, 1.807) is 0 Å². The lowest BCUT2D eigenvalue weighted by molar-refractivity contribution is -0.126. The highest BCUT2D eigenvalue weighted by molar-refractivity contribution is 7.89. The van der Waals surface area contributed by atoms with Crippen LogP contribution in [0.2, 0.25) is 0 Å². The Kier molecular flexibility index (Phi) is 7.17. The van der Waals surface area contributed by atoms with Gasteiger partial charge in [-0.05, 0) is 61.4 Å². The molecule has 1 heterocycles. The normalized spacial score (nSPS) is 17.3. The number of piperidine rings is 1. The van der Waals surface area contributed by atoms with Gasteiger partial charge in [-0.3, -0.25) is 4.79 Å². The number of halogens is 1. The number of carbonyl (C=O) groups is 1. The molecule has 1 N–H and O–H groups in total. The van der Waals surface area contributed by atoms with Gasteiger partial charge >= 0.3 is 0 Å². The molecule has 0 radical (unpaired) electrons. The average Bonchev–Trinajstić information content (AvgIpc) is 2.74. The molecule has 3 rings (SSSR count). The minimum absolute atomic E-state index is 0.00341. The summed E-state index contributed by atoms with van der Waals surface area (Å²) < 4.78 is 40.0. The van der Waals surface area contributed by atoms with Gasteiger partial charge in [0.25, 0.3) is 0 Å². The fourth-order valence-electron chi connectivity index (χ4n) is 4.30. The van der Waals surface area contributed by atoms with Crippen LogP contribution in [0.1, 0.15) is 45.6 Å². The van der Waals surface area contributed by atoms with Crippen molar-refractivity contribution < 1.29 is 17.6 Å². The first-order chi connectivity index (χ1) is 14.6. The molecule has 2 aromatic carbocycles. The fourth-order valence-corrected chi connectivity index (χ4v) is 5.77. The van der Waals surface area contributed by atoms with Crippen molar-refractivity contribution in [2.45, 2.75) is 56.4 Å². The molecule has 1 aliphatic heterocycles. The fraction of sp³-hybridized carbons (Fsp3) is 0.458. The van der Waals surface area contributed by atoms with E-state index < -0.39 is 15.8 Å². The molecular formula is C24H31FN2O3S.